The topological polar surface area (TPSA) is 93.4 Å². The van der Waals surface area contributed by atoms with Crippen LogP contribution in [0, 0.1) is 5.41 Å². The Kier molecular flexibility index (Phi) is 4.80. The van der Waals surface area contributed by atoms with Crippen molar-refractivity contribution in [3.63, 3.8) is 0 Å². The lowest BCUT2D eigenvalue weighted by atomic mass is 9.82. The second-order valence-corrected chi connectivity index (χ2v) is 5.58. The van der Waals surface area contributed by atoms with Crippen molar-refractivity contribution in [3.8, 4) is 5.75 Å². The normalized spacial score (nSPS) is 21.6. The molecule has 0 aromatic heterocycles. The number of benzene rings is 1. The zero-order chi connectivity index (χ0) is 15.3. The fourth-order valence-corrected chi connectivity index (χ4v) is 2.35. The summed E-state index contributed by atoms with van der Waals surface area (Å²) in [5.41, 5.74) is 5.28. The highest BCUT2D eigenvalue weighted by Gasteiger charge is 2.34. The van der Waals surface area contributed by atoms with Crippen LogP contribution in [0.5, 0.6) is 5.75 Å². The summed E-state index contributed by atoms with van der Waals surface area (Å²) >= 11 is 0. The van der Waals surface area contributed by atoms with Gasteiger partial charge in [0.15, 0.2) is 6.61 Å². The van der Waals surface area contributed by atoms with Gasteiger partial charge in [-0.3, -0.25) is 9.59 Å². The molecule has 0 saturated carbocycles. The highest BCUT2D eigenvalue weighted by atomic mass is 16.5. The quantitative estimate of drug-likeness (QED) is 0.750. The Morgan fingerprint density at radius 1 is 1.48 bits per heavy atom. The molecule has 1 aromatic carbocycles. The van der Waals surface area contributed by atoms with Gasteiger partial charge in [-0.05, 0) is 38.4 Å². The molecule has 1 unspecified atom stereocenters. The molecule has 0 radical (unpaired) electrons. The van der Waals surface area contributed by atoms with Gasteiger partial charge in [0.25, 0.3) is 5.91 Å². The van der Waals surface area contributed by atoms with Crippen molar-refractivity contribution in [2.45, 2.75) is 19.8 Å². The number of hydrogen-bond acceptors (Lipinski definition) is 4. The summed E-state index contributed by atoms with van der Waals surface area (Å²) in [7, 11) is 0. The smallest absolute Gasteiger partial charge is 0.255 e. The monoisotopic (exact) mass is 291 g/mol. The molecule has 6 nitrogen and oxygen atoms in total. The number of anilines is 1. The summed E-state index contributed by atoms with van der Waals surface area (Å²) in [6, 6.07) is 6.94. The van der Waals surface area contributed by atoms with Crippen molar-refractivity contribution in [2.24, 2.45) is 11.1 Å². The van der Waals surface area contributed by atoms with Gasteiger partial charge in [0.1, 0.15) is 5.75 Å². The van der Waals surface area contributed by atoms with Crippen LogP contribution in [0.3, 0.4) is 0 Å². The van der Waals surface area contributed by atoms with Gasteiger partial charge in [-0.2, -0.15) is 0 Å². The lowest BCUT2D eigenvalue weighted by molar-refractivity contribution is -0.125. The molecule has 114 valence electrons. The number of carbonyl (C=O) groups is 2. The second kappa shape index (κ2) is 6.58. The van der Waals surface area contributed by atoms with Crippen molar-refractivity contribution in [2.75, 3.05) is 25.0 Å². The SMILES string of the molecule is CC1(C(=O)Nc2cccc(OCC(N)=O)c2)CCCNC1. The van der Waals surface area contributed by atoms with E-state index in [2.05, 4.69) is 10.6 Å². The number of amides is 2. The summed E-state index contributed by atoms with van der Waals surface area (Å²) in [6.07, 6.45) is 1.86. The summed E-state index contributed by atoms with van der Waals surface area (Å²) in [4.78, 5) is 23.1. The van der Waals surface area contributed by atoms with Crippen LogP contribution in [0.1, 0.15) is 19.8 Å². The van der Waals surface area contributed by atoms with E-state index < -0.39 is 11.3 Å². The predicted octanol–water partition coefficient (Wildman–Crippen LogP) is 0.879. The van der Waals surface area contributed by atoms with Crippen molar-refractivity contribution in [1.82, 2.24) is 5.32 Å². The molecular weight excluding hydrogens is 270 g/mol. The standard InChI is InChI=1S/C15H21N3O3/c1-15(6-3-7-17-10-15)14(20)18-11-4-2-5-12(8-11)21-9-13(16)19/h2,4-5,8,17H,3,6-7,9-10H2,1H3,(H2,16,19)(H,18,20). The van der Waals surface area contributed by atoms with Gasteiger partial charge in [0.05, 0.1) is 5.41 Å². The molecule has 1 fully saturated rings. The van der Waals surface area contributed by atoms with Gasteiger partial charge in [-0.1, -0.05) is 6.07 Å². The molecular formula is C15H21N3O3. The maximum absolute atomic E-state index is 12.4. The zero-order valence-electron chi connectivity index (χ0n) is 12.1. The third-order valence-electron chi connectivity index (χ3n) is 3.62. The van der Waals surface area contributed by atoms with E-state index in [-0.39, 0.29) is 12.5 Å². The number of ether oxygens (including phenoxy) is 1. The molecule has 2 rings (SSSR count). The summed E-state index contributed by atoms with van der Waals surface area (Å²) < 4.78 is 5.22. The molecule has 2 amide bonds. The van der Waals surface area contributed by atoms with Crippen LogP contribution in [-0.4, -0.2) is 31.5 Å². The van der Waals surface area contributed by atoms with Gasteiger partial charge in [-0.15, -0.1) is 0 Å². The van der Waals surface area contributed by atoms with E-state index in [1.165, 1.54) is 0 Å². The van der Waals surface area contributed by atoms with Gasteiger partial charge >= 0.3 is 0 Å². The molecule has 0 aliphatic carbocycles. The fourth-order valence-electron chi connectivity index (χ4n) is 2.35. The Hall–Kier alpha value is -2.08. The van der Waals surface area contributed by atoms with E-state index in [0.717, 1.165) is 19.4 Å². The molecule has 21 heavy (non-hydrogen) atoms. The van der Waals surface area contributed by atoms with Gasteiger partial charge in [0, 0.05) is 18.3 Å². The Morgan fingerprint density at radius 3 is 2.95 bits per heavy atom. The highest BCUT2D eigenvalue weighted by molar-refractivity contribution is 5.95. The molecule has 6 heteroatoms. The molecule has 1 aromatic rings. The van der Waals surface area contributed by atoms with Crippen LogP contribution in [0.15, 0.2) is 24.3 Å². The van der Waals surface area contributed by atoms with E-state index in [1.807, 2.05) is 6.92 Å². The van der Waals surface area contributed by atoms with Crippen LogP contribution in [0.4, 0.5) is 5.69 Å². The first kappa shape index (κ1) is 15.3. The van der Waals surface area contributed by atoms with Crippen LogP contribution >= 0.6 is 0 Å². The van der Waals surface area contributed by atoms with E-state index in [1.54, 1.807) is 24.3 Å². The maximum atomic E-state index is 12.4. The average molecular weight is 291 g/mol. The van der Waals surface area contributed by atoms with Gasteiger partial charge < -0.3 is 21.1 Å². The number of primary amides is 1. The second-order valence-electron chi connectivity index (χ2n) is 5.58. The highest BCUT2D eigenvalue weighted by Crippen LogP contribution is 2.28. The van der Waals surface area contributed by atoms with Crippen molar-refractivity contribution >= 4 is 17.5 Å². The Bertz CT molecular complexity index is 525. The van der Waals surface area contributed by atoms with Crippen molar-refractivity contribution < 1.29 is 14.3 Å². The number of piperidine rings is 1. The van der Waals surface area contributed by atoms with Crippen LogP contribution in [0.2, 0.25) is 0 Å². The third-order valence-corrected chi connectivity index (χ3v) is 3.62. The van der Waals surface area contributed by atoms with Crippen molar-refractivity contribution in [1.29, 1.82) is 0 Å². The number of carbonyl (C=O) groups excluding carboxylic acids is 2. The largest absolute Gasteiger partial charge is 0.484 e. The lowest BCUT2D eigenvalue weighted by Crippen LogP contribution is -2.46. The Morgan fingerprint density at radius 2 is 2.29 bits per heavy atom. The van der Waals surface area contributed by atoms with E-state index in [4.69, 9.17) is 10.5 Å². The van der Waals surface area contributed by atoms with Crippen LogP contribution in [0.25, 0.3) is 0 Å². The predicted molar refractivity (Wildman–Crippen MR) is 80.0 cm³/mol. The molecule has 1 aliphatic rings. The van der Waals surface area contributed by atoms with Crippen LogP contribution in [-0.2, 0) is 9.59 Å². The van der Waals surface area contributed by atoms with Gasteiger partial charge in [-0.25, -0.2) is 0 Å². The van der Waals surface area contributed by atoms with Gasteiger partial charge in [0.2, 0.25) is 5.91 Å². The van der Waals surface area contributed by atoms with Crippen molar-refractivity contribution in [3.05, 3.63) is 24.3 Å². The molecule has 4 N–H and O–H groups in total. The minimum absolute atomic E-state index is 0.0123. The minimum atomic E-state index is -0.537. The molecule has 1 saturated heterocycles. The number of nitrogens with one attached hydrogen (secondary N) is 2. The maximum Gasteiger partial charge on any atom is 0.255 e. The van der Waals surface area contributed by atoms with Crippen LogP contribution < -0.4 is 21.1 Å². The molecule has 0 spiro atoms. The summed E-state index contributed by atoms with van der Waals surface area (Å²) in [6.45, 7) is 3.41. The first-order valence-corrected chi connectivity index (χ1v) is 7.03. The van der Waals surface area contributed by atoms with E-state index in [0.29, 0.717) is 18.0 Å². The number of hydrogen-bond donors (Lipinski definition) is 3. The first-order chi connectivity index (χ1) is 9.99. The molecule has 1 atom stereocenters. The lowest BCUT2D eigenvalue weighted by Gasteiger charge is -2.32. The molecule has 0 bridgehead atoms. The number of nitrogens with two attached hydrogens (primary N) is 1. The molecule has 1 aliphatic heterocycles. The average Bonchev–Trinajstić information content (AvgIpc) is 2.46. The number of rotatable bonds is 5. The first-order valence-electron chi connectivity index (χ1n) is 7.03. The third kappa shape index (κ3) is 4.19. The Balaban J connectivity index is 2.00. The van der Waals surface area contributed by atoms with E-state index >= 15 is 0 Å². The fraction of sp³-hybridized carbons (Fsp3) is 0.467. The van der Waals surface area contributed by atoms with E-state index in [9.17, 15) is 9.59 Å². The summed E-state index contributed by atoms with van der Waals surface area (Å²) in [5.74, 6) is -0.0505. The zero-order valence-corrected chi connectivity index (χ0v) is 12.1. The minimum Gasteiger partial charge on any atom is -0.484 e. The molecule has 1 heterocycles. The Labute approximate surface area is 124 Å². The summed E-state index contributed by atoms with van der Waals surface area (Å²) in [5, 5.41) is 6.15.